The van der Waals surface area contributed by atoms with Gasteiger partial charge in [0.15, 0.2) is 0 Å². The average molecular weight is 315 g/mol. The van der Waals surface area contributed by atoms with Gasteiger partial charge in [-0.3, -0.25) is 4.79 Å². The smallest absolute Gasteiger partial charge is 0.252 e. The van der Waals surface area contributed by atoms with Gasteiger partial charge in [0, 0.05) is 22.8 Å². The highest BCUT2D eigenvalue weighted by Crippen LogP contribution is 2.32. The van der Waals surface area contributed by atoms with Gasteiger partial charge in [-0.05, 0) is 50.1 Å². The van der Waals surface area contributed by atoms with Gasteiger partial charge in [-0.25, -0.2) is 0 Å². The zero-order valence-corrected chi connectivity index (χ0v) is 13.5. The van der Waals surface area contributed by atoms with Gasteiger partial charge >= 0.3 is 0 Å². The highest BCUT2D eigenvalue weighted by Gasteiger charge is 2.24. The van der Waals surface area contributed by atoms with Gasteiger partial charge in [0.25, 0.3) is 5.91 Å². The van der Waals surface area contributed by atoms with Crippen LogP contribution in [0.4, 0.5) is 0 Å². The van der Waals surface area contributed by atoms with Crippen molar-refractivity contribution in [1.82, 2.24) is 10.6 Å². The molecule has 2 aliphatic rings. The summed E-state index contributed by atoms with van der Waals surface area (Å²) in [6, 6.07) is 0.305. The Kier molecular flexibility index (Phi) is 5.47. The minimum absolute atomic E-state index is 0. The molecule has 0 saturated carbocycles. The molecule has 3 rings (SSSR count). The predicted octanol–water partition coefficient (Wildman–Crippen LogP) is 2.78. The average Bonchev–Trinajstić information content (AvgIpc) is 2.82. The Labute approximate surface area is 130 Å². The number of amides is 1. The van der Waals surface area contributed by atoms with Crippen LogP contribution in [-0.4, -0.2) is 25.0 Å². The molecule has 1 aliphatic heterocycles. The molecule has 1 aromatic heterocycles. The molecule has 1 aliphatic carbocycles. The third kappa shape index (κ3) is 3.35. The Morgan fingerprint density at radius 2 is 2.30 bits per heavy atom. The summed E-state index contributed by atoms with van der Waals surface area (Å²) in [5.41, 5.74) is 2.27. The summed E-state index contributed by atoms with van der Waals surface area (Å²) >= 11 is 1.77. The topological polar surface area (TPSA) is 41.1 Å². The van der Waals surface area contributed by atoms with E-state index in [1.807, 2.05) is 0 Å². The lowest BCUT2D eigenvalue weighted by molar-refractivity contribution is 0.0930. The molecule has 0 aromatic carbocycles. The van der Waals surface area contributed by atoms with E-state index >= 15 is 0 Å². The van der Waals surface area contributed by atoms with Crippen LogP contribution in [0.1, 0.15) is 47.0 Å². The van der Waals surface area contributed by atoms with Gasteiger partial charge in [0.1, 0.15) is 0 Å². The number of thiophene rings is 1. The molecular weight excluding hydrogens is 292 g/mol. The molecule has 2 N–H and O–H groups in total. The SMILES string of the molecule is CC1CCc2c(C(=O)N[C@H]3CCCNC3)csc2C1.Cl. The molecule has 3 nitrogen and oxygen atoms in total. The molecule has 1 amide bonds. The summed E-state index contributed by atoms with van der Waals surface area (Å²) in [4.78, 5) is 13.8. The predicted molar refractivity (Wildman–Crippen MR) is 86.1 cm³/mol. The third-order valence-electron chi connectivity index (χ3n) is 4.28. The highest BCUT2D eigenvalue weighted by atomic mass is 35.5. The Balaban J connectivity index is 0.00000147. The minimum Gasteiger partial charge on any atom is -0.348 e. The molecule has 1 fully saturated rings. The maximum Gasteiger partial charge on any atom is 0.252 e. The van der Waals surface area contributed by atoms with Gasteiger partial charge in [-0.2, -0.15) is 0 Å². The molecule has 0 spiro atoms. The zero-order valence-electron chi connectivity index (χ0n) is 11.9. The van der Waals surface area contributed by atoms with E-state index in [0.717, 1.165) is 50.3 Å². The minimum atomic E-state index is 0. The van der Waals surface area contributed by atoms with E-state index < -0.39 is 0 Å². The molecule has 1 aromatic rings. The van der Waals surface area contributed by atoms with Crippen LogP contribution in [0.2, 0.25) is 0 Å². The van der Waals surface area contributed by atoms with Gasteiger partial charge in [0.05, 0.1) is 5.56 Å². The summed E-state index contributed by atoms with van der Waals surface area (Å²) in [5, 5.41) is 8.59. The molecule has 0 radical (unpaired) electrons. The number of nitrogens with one attached hydrogen (secondary N) is 2. The molecule has 0 bridgehead atoms. The maximum absolute atomic E-state index is 12.4. The van der Waals surface area contributed by atoms with Gasteiger partial charge in [0.2, 0.25) is 0 Å². The zero-order chi connectivity index (χ0) is 13.2. The molecular formula is C15H23ClN2OS. The van der Waals surface area contributed by atoms with E-state index in [0.29, 0.717) is 6.04 Å². The summed E-state index contributed by atoms with van der Waals surface area (Å²) in [7, 11) is 0. The second kappa shape index (κ2) is 6.92. The van der Waals surface area contributed by atoms with Crippen molar-refractivity contribution >= 4 is 29.7 Å². The van der Waals surface area contributed by atoms with Gasteiger partial charge < -0.3 is 10.6 Å². The number of hydrogen-bond donors (Lipinski definition) is 2. The summed E-state index contributed by atoms with van der Waals surface area (Å²) < 4.78 is 0. The van der Waals surface area contributed by atoms with Crippen LogP contribution in [-0.2, 0) is 12.8 Å². The van der Waals surface area contributed by atoms with Crippen molar-refractivity contribution in [3.05, 3.63) is 21.4 Å². The summed E-state index contributed by atoms with van der Waals surface area (Å²) in [6.45, 7) is 4.29. The van der Waals surface area contributed by atoms with E-state index in [9.17, 15) is 4.79 Å². The summed E-state index contributed by atoms with van der Waals surface area (Å²) in [5.74, 6) is 0.908. The van der Waals surface area contributed by atoms with Crippen LogP contribution in [0.3, 0.4) is 0 Å². The van der Waals surface area contributed by atoms with Gasteiger partial charge in [-0.1, -0.05) is 6.92 Å². The van der Waals surface area contributed by atoms with Crippen molar-refractivity contribution in [2.75, 3.05) is 13.1 Å². The van der Waals surface area contributed by atoms with E-state index in [4.69, 9.17) is 0 Å². The van der Waals surface area contributed by atoms with Crippen molar-refractivity contribution in [3.63, 3.8) is 0 Å². The Bertz CT molecular complexity index is 468. The fourth-order valence-electron chi connectivity index (χ4n) is 3.11. The lowest BCUT2D eigenvalue weighted by Gasteiger charge is -2.24. The quantitative estimate of drug-likeness (QED) is 0.881. The Morgan fingerprint density at radius 3 is 3.05 bits per heavy atom. The van der Waals surface area contributed by atoms with Crippen LogP contribution in [0.5, 0.6) is 0 Å². The molecule has 5 heteroatoms. The number of carbonyl (C=O) groups is 1. The lowest BCUT2D eigenvalue weighted by atomic mass is 9.88. The van der Waals surface area contributed by atoms with E-state index in [2.05, 4.69) is 22.9 Å². The molecule has 2 heterocycles. The molecule has 1 unspecified atom stereocenters. The summed E-state index contributed by atoms with van der Waals surface area (Å²) in [6.07, 6.45) is 5.70. The van der Waals surface area contributed by atoms with E-state index in [1.54, 1.807) is 11.3 Å². The number of carbonyl (C=O) groups excluding carboxylic acids is 1. The number of piperidine rings is 1. The van der Waals surface area contributed by atoms with Crippen molar-refractivity contribution in [2.45, 2.75) is 45.1 Å². The second-order valence-electron chi connectivity index (χ2n) is 5.92. The van der Waals surface area contributed by atoms with Crippen LogP contribution < -0.4 is 10.6 Å². The van der Waals surface area contributed by atoms with Crippen molar-refractivity contribution < 1.29 is 4.79 Å². The van der Waals surface area contributed by atoms with Crippen molar-refractivity contribution in [2.24, 2.45) is 5.92 Å². The van der Waals surface area contributed by atoms with Crippen molar-refractivity contribution in [3.8, 4) is 0 Å². The molecule has 2 atom stereocenters. The van der Waals surface area contributed by atoms with Crippen molar-refractivity contribution in [1.29, 1.82) is 0 Å². The first kappa shape index (κ1) is 15.8. The van der Waals surface area contributed by atoms with Crippen LogP contribution in [0, 0.1) is 5.92 Å². The number of rotatable bonds is 2. The van der Waals surface area contributed by atoms with Crippen LogP contribution in [0.25, 0.3) is 0 Å². The van der Waals surface area contributed by atoms with E-state index in [-0.39, 0.29) is 18.3 Å². The van der Waals surface area contributed by atoms with Crippen LogP contribution >= 0.6 is 23.7 Å². The molecule has 112 valence electrons. The monoisotopic (exact) mass is 314 g/mol. The second-order valence-corrected chi connectivity index (χ2v) is 6.88. The number of hydrogen-bond acceptors (Lipinski definition) is 3. The maximum atomic E-state index is 12.4. The third-order valence-corrected chi connectivity index (χ3v) is 5.33. The first-order valence-corrected chi connectivity index (χ1v) is 8.23. The van der Waals surface area contributed by atoms with E-state index in [1.165, 1.54) is 16.9 Å². The Morgan fingerprint density at radius 1 is 1.45 bits per heavy atom. The Hall–Kier alpha value is -0.580. The first-order chi connectivity index (χ1) is 9.24. The lowest BCUT2D eigenvalue weighted by Crippen LogP contribution is -2.45. The standard InChI is InChI=1S/C15H22N2OS.ClH/c1-10-4-5-12-13(9-19-14(12)7-10)15(18)17-11-3-2-6-16-8-11;/h9-11,16H,2-8H2,1H3,(H,17,18);1H/t10?,11-;/m0./s1. The largest absolute Gasteiger partial charge is 0.348 e. The highest BCUT2D eigenvalue weighted by molar-refractivity contribution is 7.10. The van der Waals surface area contributed by atoms with Gasteiger partial charge in [-0.15, -0.1) is 23.7 Å². The number of halogens is 1. The first-order valence-electron chi connectivity index (χ1n) is 7.35. The number of fused-ring (bicyclic) bond motifs is 1. The van der Waals surface area contributed by atoms with Crippen LogP contribution in [0.15, 0.2) is 5.38 Å². The molecule has 20 heavy (non-hydrogen) atoms. The fourth-order valence-corrected chi connectivity index (χ4v) is 4.35. The fraction of sp³-hybridized carbons (Fsp3) is 0.667. The normalized spacial score (nSPS) is 25.4. The molecule has 1 saturated heterocycles.